The van der Waals surface area contributed by atoms with Crippen LogP contribution < -0.4 is 5.32 Å². The molecule has 1 nitrogen and oxygen atoms in total. The van der Waals surface area contributed by atoms with Crippen LogP contribution in [0, 0.1) is 11.8 Å². The molecule has 1 aliphatic carbocycles. The molecule has 1 fully saturated rings. The molecule has 100 valence electrons. The SMILES string of the molecule is C/C(=C/CCNCC(C)C)CCC1CCCC1. The summed E-state index contributed by atoms with van der Waals surface area (Å²) in [5.74, 6) is 1.81. The van der Waals surface area contributed by atoms with Crippen LogP contribution >= 0.6 is 0 Å². The molecule has 0 radical (unpaired) electrons. The standard InChI is InChI=1S/C16H31N/c1-14(2)13-17-12-6-7-15(3)10-11-16-8-4-5-9-16/h7,14,16-17H,4-6,8-13H2,1-3H3/b15-7-. The predicted molar refractivity (Wildman–Crippen MR) is 77.3 cm³/mol. The van der Waals surface area contributed by atoms with Crippen LogP contribution in [0.3, 0.4) is 0 Å². The van der Waals surface area contributed by atoms with Crippen LogP contribution in [-0.2, 0) is 0 Å². The summed E-state index contributed by atoms with van der Waals surface area (Å²) in [7, 11) is 0. The summed E-state index contributed by atoms with van der Waals surface area (Å²) >= 11 is 0. The van der Waals surface area contributed by atoms with E-state index in [1.54, 1.807) is 5.57 Å². The summed E-state index contributed by atoms with van der Waals surface area (Å²) in [6, 6.07) is 0. The van der Waals surface area contributed by atoms with Crippen LogP contribution in [0.4, 0.5) is 0 Å². The molecule has 0 aromatic carbocycles. The van der Waals surface area contributed by atoms with E-state index in [1.165, 1.54) is 44.9 Å². The summed E-state index contributed by atoms with van der Waals surface area (Å²) in [6.45, 7) is 9.11. The minimum atomic E-state index is 0.766. The van der Waals surface area contributed by atoms with Gasteiger partial charge < -0.3 is 5.32 Å². The molecule has 0 aromatic rings. The quantitative estimate of drug-likeness (QED) is 0.483. The van der Waals surface area contributed by atoms with Crippen LogP contribution in [-0.4, -0.2) is 13.1 Å². The third-order valence-corrected chi connectivity index (χ3v) is 3.79. The Balaban J connectivity index is 1.99. The molecule has 0 unspecified atom stereocenters. The van der Waals surface area contributed by atoms with E-state index >= 15 is 0 Å². The van der Waals surface area contributed by atoms with Crippen molar-refractivity contribution >= 4 is 0 Å². The van der Waals surface area contributed by atoms with Gasteiger partial charge in [-0.05, 0) is 51.1 Å². The molecule has 0 spiro atoms. The van der Waals surface area contributed by atoms with E-state index in [4.69, 9.17) is 0 Å². The normalized spacial score (nSPS) is 18.2. The second-order valence-electron chi connectivity index (χ2n) is 6.13. The van der Waals surface area contributed by atoms with Crippen molar-refractivity contribution in [3.63, 3.8) is 0 Å². The maximum absolute atomic E-state index is 3.49. The summed E-state index contributed by atoms with van der Waals surface area (Å²) in [4.78, 5) is 0. The van der Waals surface area contributed by atoms with Gasteiger partial charge in [-0.1, -0.05) is 51.2 Å². The van der Waals surface area contributed by atoms with E-state index in [2.05, 4.69) is 32.2 Å². The van der Waals surface area contributed by atoms with Crippen molar-refractivity contribution in [3.05, 3.63) is 11.6 Å². The lowest BCUT2D eigenvalue weighted by molar-refractivity contribution is 0.502. The minimum absolute atomic E-state index is 0.766. The van der Waals surface area contributed by atoms with Gasteiger partial charge in [0.2, 0.25) is 0 Å². The summed E-state index contributed by atoms with van der Waals surface area (Å²) in [6.07, 6.45) is 12.3. The van der Waals surface area contributed by atoms with Crippen LogP contribution in [0.5, 0.6) is 0 Å². The summed E-state index contributed by atoms with van der Waals surface area (Å²) in [5, 5.41) is 3.49. The van der Waals surface area contributed by atoms with Gasteiger partial charge in [0.05, 0.1) is 0 Å². The molecule has 1 rings (SSSR count). The van der Waals surface area contributed by atoms with Crippen molar-refractivity contribution in [2.24, 2.45) is 11.8 Å². The first-order chi connectivity index (χ1) is 8.18. The lowest BCUT2D eigenvalue weighted by Crippen LogP contribution is -2.20. The average molecular weight is 237 g/mol. The van der Waals surface area contributed by atoms with E-state index in [1.807, 2.05) is 0 Å². The van der Waals surface area contributed by atoms with Gasteiger partial charge in [0, 0.05) is 0 Å². The highest BCUT2D eigenvalue weighted by atomic mass is 14.8. The van der Waals surface area contributed by atoms with Crippen molar-refractivity contribution < 1.29 is 0 Å². The third kappa shape index (κ3) is 7.59. The first-order valence-corrected chi connectivity index (χ1v) is 7.55. The second-order valence-corrected chi connectivity index (χ2v) is 6.13. The first-order valence-electron chi connectivity index (χ1n) is 7.55. The molecular weight excluding hydrogens is 206 g/mol. The molecule has 1 N–H and O–H groups in total. The third-order valence-electron chi connectivity index (χ3n) is 3.79. The monoisotopic (exact) mass is 237 g/mol. The number of rotatable bonds is 8. The molecule has 1 heteroatoms. The Labute approximate surface area is 108 Å². The van der Waals surface area contributed by atoms with Gasteiger partial charge in [0.25, 0.3) is 0 Å². The maximum atomic E-state index is 3.49. The van der Waals surface area contributed by atoms with E-state index in [9.17, 15) is 0 Å². The molecule has 1 saturated carbocycles. The Bertz CT molecular complexity index is 212. The van der Waals surface area contributed by atoms with Gasteiger partial charge >= 0.3 is 0 Å². The Hall–Kier alpha value is -0.300. The zero-order valence-electron chi connectivity index (χ0n) is 12.1. The Kier molecular flexibility index (Phi) is 7.59. The smallest absolute Gasteiger partial charge is 0.00141 e. The number of hydrogen-bond acceptors (Lipinski definition) is 1. The number of nitrogens with one attached hydrogen (secondary N) is 1. The van der Waals surface area contributed by atoms with E-state index < -0.39 is 0 Å². The molecule has 0 saturated heterocycles. The van der Waals surface area contributed by atoms with Crippen LogP contribution in [0.15, 0.2) is 11.6 Å². The zero-order chi connectivity index (χ0) is 12.5. The number of hydrogen-bond donors (Lipinski definition) is 1. The van der Waals surface area contributed by atoms with E-state index in [0.29, 0.717) is 0 Å². The van der Waals surface area contributed by atoms with Crippen molar-refractivity contribution in [1.82, 2.24) is 5.32 Å². The van der Waals surface area contributed by atoms with E-state index in [-0.39, 0.29) is 0 Å². The molecule has 0 atom stereocenters. The van der Waals surface area contributed by atoms with Crippen molar-refractivity contribution in [2.75, 3.05) is 13.1 Å². The number of allylic oxidation sites excluding steroid dienone is 1. The van der Waals surface area contributed by atoms with Gasteiger partial charge in [0.1, 0.15) is 0 Å². The molecule has 0 amide bonds. The molecular formula is C16H31N. The Morgan fingerprint density at radius 3 is 2.65 bits per heavy atom. The van der Waals surface area contributed by atoms with Crippen LogP contribution in [0.25, 0.3) is 0 Å². The summed E-state index contributed by atoms with van der Waals surface area (Å²) in [5.41, 5.74) is 1.60. The molecule has 1 aliphatic rings. The molecule has 0 bridgehead atoms. The highest BCUT2D eigenvalue weighted by Crippen LogP contribution is 2.29. The fraction of sp³-hybridized carbons (Fsp3) is 0.875. The van der Waals surface area contributed by atoms with Gasteiger partial charge in [-0.2, -0.15) is 0 Å². The maximum Gasteiger partial charge on any atom is -0.00141 e. The van der Waals surface area contributed by atoms with Gasteiger partial charge in [0.15, 0.2) is 0 Å². The second kappa shape index (κ2) is 8.74. The highest BCUT2D eigenvalue weighted by Gasteiger charge is 2.14. The average Bonchev–Trinajstić information content (AvgIpc) is 2.78. The van der Waals surface area contributed by atoms with Crippen LogP contribution in [0.2, 0.25) is 0 Å². The molecule has 0 heterocycles. The van der Waals surface area contributed by atoms with Crippen molar-refractivity contribution in [1.29, 1.82) is 0 Å². The zero-order valence-corrected chi connectivity index (χ0v) is 12.1. The van der Waals surface area contributed by atoms with Gasteiger partial charge in [-0.25, -0.2) is 0 Å². The van der Waals surface area contributed by atoms with E-state index in [0.717, 1.165) is 24.9 Å². The van der Waals surface area contributed by atoms with Gasteiger partial charge in [-0.3, -0.25) is 0 Å². The lowest BCUT2D eigenvalue weighted by Gasteiger charge is -2.09. The summed E-state index contributed by atoms with van der Waals surface area (Å²) < 4.78 is 0. The topological polar surface area (TPSA) is 12.0 Å². The molecule has 0 aliphatic heterocycles. The highest BCUT2D eigenvalue weighted by molar-refractivity contribution is 4.98. The first kappa shape index (κ1) is 14.8. The Morgan fingerprint density at radius 2 is 2.00 bits per heavy atom. The molecule has 0 aromatic heterocycles. The van der Waals surface area contributed by atoms with Gasteiger partial charge in [-0.15, -0.1) is 0 Å². The predicted octanol–water partition coefficient (Wildman–Crippen LogP) is 4.54. The fourth-order valence-electron chi connectivity index (χ4n) is 2.64. The van der Waals surface area contributed by atoms with Crippen molar-refractivity contribution in [2.45, 2.75) is 65.7 Å². The fourth-order valence-corrected chi connectivity index (χ4v) is 2.64. The lowest BCUT2D eigenvalue weighted by atomic mass is 9.98. The van der Waals surface area contributed by atoms with Crippen LogP contribution in [0.1, 0.15) is 65.7 Å². The minimum Gasteiger partial charge on any atom is -0.316 e. The molecule has 17 heavy (non-hydrogen) atoms. The van der Waals surface area contributed by atoms with Crippen molar-refractivity contribution in [3.8, 4) is 0 Å². The largest absolute Gasteiger partial charge is 0.316 e. The Morgan fingerprint density at radius 1 is 1.29 bits per heavy atom.